The number of aliphatic hydroxyl groups excluding tert-OH is 1. The first-order chi connectivity index (χ1) is 7.99. The molecule has 0 aromatic carbocycles. The van der Waals surface area contributed by atoms with Crippen molar-refractivity contribution >= 4 is 22.9 Å². The summed E-state index contributed by atoms with van der Waals surface area (Å²) in [5.41, 5.74) is 4.61. The number of aromatic nitrogens is 4. The van der Waals surface area contributed by atoms with Gasteiger partial charge in [-0.15, -0.1) is 0 Å². The van der Waals surface area contributed by atoms with Crippen LogP contribution in [-0.2, 0) is 0 Å². The molecule has 0 saturated heterocycles. The SMILES string of the molecule is CC(O)C(=O)c1cnc2nc(N)[nH]c(=O)c2n1. The molecule has 0 saturated carbocycles. The fourth-order valence-electron chi connectivity index (χ4n) is 1.27. The van der Waals surface area contributed by atoms with Crippen molar-refractivity contribution in [3.8, 4) is 0 Å². The number of nitrogen functional groups attached to an aromatic ring is 1. The number of aromatic amines is 1. The van der Waals surface area contributed by atoms with E-state index in [-0.39, 0.29) is 22.8 Å². The summed E-state index contributed by atoms with van der Waals surface area (Å²) in [6.07, 6.45) is -0.0638. The first kappa shape index (κ1) is 11.1. The number of aliphatic hydroxyl groups is 1. The van der Waals surface area contributed by atoms with Gasteiger partial charge < -0.3 is 10.8 Å². The van der Waals surface area contributed by atoms with Gasteiger partial charge in [0.15, 0.2) is 11.2 Å². The molecule has 0 amide bonds. The van der Waals surface area contributed by atoms with E-state index in [0.29, 0.717) is 0 Å². The summed E-state index contributed by atoms with van der Waals surface area (Å²) in [4.78, 5) is 36.6. The van der Waals surface area contributed by atoms with Gasteiger partial charge in [0, 0.05) is 0 Å². The van der Waals surface area contributed by atoms with Crippen molar-refractivity contribution in [3.05, 3.63) is 22.2 Å². The molecule has 8 heteroatoms. The summed E-state index contributed by atoms with van der Waals surface area (Å²) in [5.74, 6) is -0.693. The Hall–Kier alpha value is -2.35. The van der Waals surface area contributed by atoms with Crippen molar-refractivity contribution in [2.45, 2.75) is 13.0 Å². The molecule has 17 heavy (non-hydrogen) atoms. The van der Waals surface area contributed by atoms with E-state index in [9.17, 15) is 9.59 Å². The van der Waals surface area contributed by atoms with Gasteiger partial charge in [-0.2, -0.15) is 4.98 Å². The third-order valence-corrected chi connectivity index (χ3v) is 2.07. The van der Waals surface area contributed by atoms with E-state index in [1.54, 1.807) is 0 Å². The fourth-order valence-corrected chi connectivity index (χ4v) is 1.27. The summed E-state index contributed by atoms with van der Waals surface area (Å²) >= 11 is 0. The average molecular weight is 235 g/mol. The molecule has 4 N–H and O–H groups in total. The molecule has 2 aromatic rings. The Labute approximate surface area is 94.5 Å². The zero-order valence-electron chi connectivity index (χ0n) is 8.84. The van der Waals surface area contributed by atoms with E-state index < -0.39 is 17.4 Å². The highest BCUT2D eigenvalue weighted by atomic mass is 16.3. The molecule has 2 rings (SSSR count). The van der Waals surface area contributed by atoms with Gasteiger partial charge in [0.05, 0.1) is 6.20 Å². The molecule has 0 radical (unpaired) electrons. The minimum absolute atomic E-state index is 0.0494. The zero-order chi connectivity index (χ0) is 12.6. The highest BCUT2D eigenvalue weighted by Gasteiger charge is 2.16. The zero-order valence-corrected chi connectivity index (χ0v) is 8.84. The minimum atomic E-state index is -1.21. The number of nitrogens with two attached hydrogens (primary N) is 1. The monoisotopic (exact) mass is 235 g/mol. The van der Waals surface area contributed by atoms with Crippen molar-refractivity contribution in [3.63, 3.8) is 0 Å². The molecule has 88 valence electrons. The van der Waals surface area contributed by atoms with Gasteiger partial charge in [-0.05, 0) is 6.92 Å². The van der Waals surface area contributed by atoms with Crippen molar-refractivity contribution < 1.29 is 9.90 Å². The standard InChI is InChI=1S/C9H9N5O3/c1-3(15)6(16)4-2-11-7-5(12-4)8(17)14-9(10)13-7/h2-3,15H,1H3,(H3,10,11,13,14,17). The molecule has 0 aliphatic heterocycles. The van der Waals surface area contributed by atoms with Crippen molar-refractivity contribution in [1.29, 1.82) is 0 Å². The molecule has 0 spiro atoms. The molecule has 0 bridgehead atoms. The van der Waals surface area contributed by atoms with Crippen LogP contribution in [0.5, 0.6) is 0 Å². The summed E-state index contributed by atoms with van der Waals surface area (Å²) in [6.45, 7) is 1.31. The quantitative estimate of drug-likeness (QED) is 0.560. The van der Waals surface area contributed by atoms with Crippen LogP contribution >= 0.6 is 0 Å². The molecule has 0 aliphatic carbocycles. The smallest absolute Gasteiger partial charge is 0.280 e. The highest BCUT2D eigenvalue weighted by Crippen LogP contribution is 2.05. The van der Waals surface area contributed by atoms with Gasteiger partial charge in [0.25, 0.3) is 5.56 Å². The number of carbonyl (C=O) groups is 1. The van der Waals surface area contributed by atoms with Crippen LogP contribution in [0.25, 0.3) is 11.2 Å². The van der Waals surface area contributed by atoms with E-state index in [2.05, 4.69) is 19.9 Å². The van der Waals surface area contributed by atoms with Crippen LogP contribution in [0, 0.1) is 0 Å². The Morgan fingerprint density at radius 2 is 2.24 bits per heavy atom. The first-order valence-corrected chi connectivity index (χ1v) is 4.74. The number of rotatable bonds is 2. The minimum Gasteiger partial charge on any atom is -0.385 e. The molecular formula is C9H9N5O3. The first-order valence-electron chi connectivity index (χ1n) is 4.74. The van der Waals surface area contributed by atoms with Gasteiger partial charge >= 0.3 is 0 Å². The lowest BCUT2D eigenvalue weighted by Crippen LogP contribution is -2.20. The normalized spacial score (nSPS) is 12.6. The van der Waals surface area contributed by atoms with Crippen molar-refractivity contribution in [1.82, 2.24) is 19.9 Å². The van der Waals surface area contributed by atoms with E-state index in [4.69, 9.17) is 10.8 Å². The number of nitrogens with zero attached hydrogens (tertiary/aromatic N) is 3. The predicted octanol–water partition coefficient (Wildman–Crippen LogP) is -1.14. The molecule has 2 heterocycles. The van der Waals surface area contributed by atoms with Crippen LogP contribution in [0.2, 0.25) is 0 Å². The second-order valence-corrected chi connectivity index (χ2v) is 3.42. The predicted molar refractivity (Wildman–Crippen MR) is 58.4 cm³/mol. The third-order valence-electron chi connectivity index (χ3n) is 2.07. The average Bonchev–Trinajstić information content (AvgIpc) is 2.27. The van der Waals surface area contributed by atoms with Gasteiger partial charge in [0.1, 0.15) is 11.8 Å². The number of Topliss-reactive ketones (excluding diaryl/α,β-unsaturated/α-hetero) is 1. The second kappa shape index (κ2) is 3.91. The largest absolute Gasteiger partial charge is 0.385 e. The van der Waals surface area contributed by atoms with Gasteiger partial charge in [0.2, 0.25) is 11.7 Å². The van der Waals surface area contributed by atoms with Crippen LogP contribution in [0.15, 0.2) is 11.0 Å². The third kappa shape index (κ3) is 1.97. The molecule has 1 unspecified atom stereocenters. The molecule has 0 fully saturated rings. The number of nitrogens with one attached hydrogen (secondary N) is 1. The van der Waals surface area contributed by atoms with E-state index in [0.717, 1.165) is 6.20 Å². The van der Waals surface area contributed by atoms with Crippen LogP contribution in [0.1, 0.15) is 17.4 Å². The number of ketones is 1. The maximum atomic E-state index is 11.5. The molecular weight excluding hydrogens is 226 g/mol. The number of hydrogen-bond acceptors (Lipinski definition) is 7. The van der Waals surface area contributed by atoms with Crippen molar-refractivity contribution in [2.24, 2.45) is 0 Å². The summed E-state index contributed by atoms with van der Waals surface area (Å²) < 4.78 is 0. The molecule has 1 atom stereocenters. The summed E-state index contributed by atoms with van der Waals surface area (Å²) in [7, 11) is 0. The molecule has 0 aliphatic rings. The molecule has 2 aromatic heterocycles. The summed E-state index contributed by atoms with van der Waals surface area (Å²) in [5, 5.41) is 9.12. The number of H-pyrrole nitrogens is 1. The highest BCUT2D eigenvalue weighted by molar-refractivity contribution is 5.98. The Bertz CT molecular complexity index is 649. The van der Waals surface area contributed by atoms with Crippen LogP contribution in [-0.4, -0.2) is 36.9 Å². The number of anilines is 1. The van der Waals surface area contributed by atoms with Gasteiger partial charge in [-0.3, -0.25) is 14.6 Å². The second-order valence-electron chi connectivity index (χ2n) is 3.42. The van der Waals surface area contributed by atoms with Crippen LogP contribution in [0.4, 0.5) is 5.95 Å². The number of fused-ring (bicyclic) bond motifs is 1. The number of hydrogen-bond donors (Lipinski definition) is 3. The lowest BCUT2D eigenvalue weighted by molar-refractivity contribution is 0.0774. The van der Waals surface area contributed by atoms with Crippen LogP contribution < -0.4 is 11.3 Å². The Kier molecular flexibility index (Phi) is 2.56. The van der Waals surface area contributed by atoms with E-state index in [1.165, 1.54) is 6.92 Å². The van der Waals surface area contributed by atoms with Crippen LogP contribution in [0.3, 0.4) is 0 Å². The van der Waals surface area contributed by atoms with Crippen molar-refractivity contribution in [2.75, 3.05) is 5.73 Å². The van der Waals surface area contributed by atoms with E-state index in [1.807, 2.05) is 0 Å². The Balaban J connectivity index is 2.66. The molecule has 8 nitrogen and oxygen atoms in total. The Morgan fingerprint density at radius 3 is 2.88 bits per heavy atom. The maximum absolute atomic E-state index is 11.5. The maximum Gasteiger partial charge on any atom is 0.280 e. The number of carbonyl (C=O) groups excluding carboxylic acids is 1. The lowest BCUT2D eigenvalue weighted by Gasteiger charge is -2.03. The van der Waals surface area contributed by atoms with Gasteiger partial charge in [-0.25, -0.2) is 9.97 Å². The fraction of sp³-hybridized carbons (Fsp3) is 0.222. The van der Waals surface area contributed by atoms with E-state index >= 15 is 0 Å². The Morgan fingerprint density at radius 1 is 1.53 bits per heavy atom. The lowest BCUT2D eigenvalue weighted by atomic mass is 10.2. The topological polar surface area (TPSA) is 135 Å². The van der Waals surface area contributed by atoms with Gasteiger partial charge in [-0.1, -0.05) is 0 Å². The summed E-state index contributed by atoms with van der Waals surface area (Å²) in [6, 6.07) is 0.